The van der Waals surface area contributed by atoms with Gasteiger partial charge in [0.1, 0.15) is 6.04 Å². The summed E-state index contributed by atoms with van der Waals surface area (Å²) in [4.78, 5) is 16.4. The largest absolute Gasteiger partial charge is 0.357 e. The van der Waals surface area contributed by atoms with Crippen molar-refractivity contribution < 1.29 is 4.79 Å². The second-order valence-electron chi connectivity index (χ2n) is 4.76. The molecule has 1 aliphatic rings. The molecule has 5 heteroatoms. The van der Waals surface area contributed by atoms with E-state index in [0.717, 1.165) is 28.8 Å². The summed E-state index contributed by atoms with van der Waals surface area (Å²) in [5, 5.41) is 6.09. The minimum atomic E-state index is -0.239. The molecule has 0 fully saturated rings. The molecule has 1 atom stereocenters. The Morgan fingerprint density at radius 1 is 1.25 bits per heavy atom. The summed E-state index contributed by atoms with van der Waals surface area (Å²) in [5.41, 5.74) is 1.96. The highest BCUT2D eigenvalue weighted by atomic mass is 79.9. The number of carbonyl (C=O) groups excluding carboxylic acids is 1. The quantitative estimate of drug-likeness (QED) is 0.907. The van der Waals surface area contributed by atoms with Crippen LogP contribution in [0.3, 0.4) is 0 Å². The minimum Gasteiger partial charge on any atom is -0.357 e. The second-order valence-corrected chi connectivity index (χ2v) is 5.68. The van der Waals surface area contributed by atoms with Crippen molar-refractivity contribution in [3.8, 4) is 0 Å². The van der Waals surface area contributed by atoms with Crippen molar-refractivity contribution in [1.29, 1.82) is 0 Å². The number of carbonyl (C=O) groups is 1. The highest BCUT2D eigenvalue weighted by Gasteiger charge is 2.25. The Bertz CT molecular complexity index is 630. The number of nitrogens with zero attached hydrogens (tertiary/aromatic N) is 1. The molecule has 0 spiro atoms. The molecular formula is C15H14BrN3O. The first-order valence-electron chi connectivity index (χ1n) is 6.49. The molecule has 1 aliphatic heterocycles. The van der Waals surface area contributed by atoms with Crippen LogP contribution in [0.15, 0.2) is 47.1 Å². The van der Waals surface area contributed by atoms with Crippen molar-refractivity contribution in [3.63, 3.8) is 0 Å². The van der Waals surface area contributed by atoms with E-state index in [1.165, 1.54) is 5.56 Å². The monoisotopic (exact) mass is 331 g/mol. The molecule has 0 saturated carbocycles. The molecule has 20 heavy (non-hydrogen) atoms. The number of fused-ring (bicyclic) bond motifs is 1. The Morgan fingerprint density at radius 2 is 2.05 bits per heavy atom. The van der Waals surface area contributed by atoms with Gasteiger partial charge in [0.2, 0.25) is 5.91 Å². The number of pyridine rings is 1. The van der Waals surface area contributed by atoms with E-state index >= 15 is 0 Å². The Morgan fingerprint density at radius 3 is 2.85 bits per heavy atom. The summed E-state index contributed by atoms with van der Waals surface area (Å²) < 4.78 is 0.848. The second kappa shape index (κ2) is 5.63. The van der Waals surface area contributed by atoms with Gasteiger partial charge in [0.25, 0.3) is 0 Å². The van der Waals surface area contributed by atoms with E-state index in [2.05, 4.69) is 43.7 Å². The fourth-order valence-electron chi connectivity index (χ4n) is 2.26. The van der Waals surface area contributed by atoms with Crippen LogP contribution in [0.1, 0.15) is 12.0 Å². The third-order valence-corrected chi connectivity index (χ3v) is 3.74. The summed E-state index contributed by atoms with van der Waals surface area (Å²) in [5.74, 6) is 0.721. The Hall–Kier alpha value is -1.88. The van der Waals surface area contributed by atoms with Crippen molar-refractivity contribution in [2.24, 2.45) is 0 Å². The first-order chi connectivity index (χ1) is 9.72. The van der Waals surface area contributed by atoms with E-state index in [-0.39, 0.29) is 11.9 Å². The van der Waals surface area contributed by atoms with E-state index in [1.54, 1.807) is 6.20 Å². The summed E-state index contributed by atoms with van der Waals surface area (Å²) in [7, 11) is 0. The molecule has 2 N–H and O–H groups in total. The lowest BCUT2D eigenvalue weighted by Crippen LogP contribution is -2.39. The van der Waals surface area contributed by atoms with E-state index in [4.69, 9.17) is 0 Å². The average molecular weight is 332 g/mol. The number of hydrogen-bond donors (Lipinski definition) is 2. The first-order valence-corrected chi connectivity index (χ1v) is 7.28. The van der Waals surface area contributed by atoms with Gasteiger partial charge in [-0.1, -0.05) is 30.3 Å². The van der Waals surface area contributed by atoms with Gasteiger partial charge >= 0.3 is 0 Å². The van der Waals surface area contributed by atoms with Crippen molar-refractivity contribution in [2.45, 2.75) is 18.9 Å². The van der Waals surface area contributed by atoms with Crippen LogP contribution in [-0.2, 0) is 11.2 Å². The number of nitrogens with one attached hydrogen (secondary N) is 2. The topological polar surface area (TPSA) is 54.0 Å². The lowest BCUT2D eigenvalue weighted by molar-refractivity contribution is -0.117. The maximum Gasteiger partial charge on any atom is 0.247 e. The molecule has 1 unspecified atom stereocenters. The van der Waals surface area contributed by atoms with Crippen LogP contribution in [0.5, 0.6) is 0 Å². The van der Waals surface area contributed by atoms with Gasteiger partial charge in [0.05, 0.1) is 5.69 Å². The van der Waals surface area contributed by atoms with Crippen LogP contribution < -0.4 is 10.6 Å². The summed E-state index contributed by atoms with van der Waals surface area (Å²) >= 11 is 3.35. The summed E-state index contributed by atoms with van der Waals surface area (Å²) in [6, 6.07) is 11.8. The summed E-state index contributed by atoms with van der Waals surface area (Å²) in [6.07, 6.45) is 3.32. The maximum absolute atomic E-state index is 12.1. The third-order valence-electron chi connectivity index (χ3n) is 3.30. The molecular weight excluding hydrogens is 318 g/mol. The Labute approximate surface area is 125 Å². The van der Waals surface area contributed by atoms with E-state index in [9.17, 15) is 4.79 Å². The van der Waals surface area contributed by atoms with E-state index < -0.39 is 0 Å². The number of hydrogen-bond acceptors (Lipinski definition) is 3. The van der Waals surface area contributed by atoms with Crippen LogP contribution in [0.2, 0.25) is 0 Å². The predicted molar refractivity (Wildman–Crippen MR) is 82.7 cm³/mol. The molecule has 0 aliphatic carbocycles. The van der Waals surface area contributed by atoms with Crippen molar-refractivity contribution >= 4 is 33.3 Å². The smallest absolute Gasteiger partial charge is 0.247 e. The molecule has 2 aromatic rings. The van der Waals surface area contributed by atoms with Gasteiger partial charge in [0.15, 0.2) is 5.82 Å². The zero-order valence-corrected chi connectivity index (χ0v) is 12.4. The molecule has 0 saturated heterocycles. The van der Waals surface area contributed by atoms with Gasteiger partial charge in [-0.05, 0) is 40.4 Å². The number of rotatable bonds is 3. The van der Waals surface area contributed by atoms with Crippen LogP contribution in [-0.4, -0.2) is 16.9 Å². The van der Waals surface area contributed by atoms with Gasteiger partial charge in [-0.3, -0.25) is 4.79 Å². The van der Waals surface area contributed by atoms with Gasteiger partial charge in [-0.15, -0.1) is 0 Å². The molecule has 3 rings (SSSR count). The number of halogens is 1. The fraction of sp³-hybridized carbons (Fsp3) is 0.200. The van der Waals surface area contributed by atoms with Crippen molar-refractivity contribution in [1.82, 2.24) is 4.98 Å². The number of amides is 1. The van der Waals surface area contributed by atoms with Crippen molar-refractivity contribution in [3.05, 3.63) is 52.6 Å². The SMILES string of the molecule is O=C1Nc2cc(Br)cnc2NC1CCc1ccccc1. The lowest BCUT2D eigenvalue weighted by Gasteiger charge is -2.26. The zero-order valence-electron chi connectivity index (χ0n) is 10.8. The van der Waals surface area contributed by atoms with Gasteiger partial charge in [-0.2, -0.15) is 0 Å². The van der Waals surface area contributed by atoms with Gasteiger partial charge < -0.3 is 10.6 Å². The minimum absolute atomic E-state index is 0.00617. The predicted octanol–water partition coefficient (Wildman–Crippen LogP) is 3.21. The molecule has 0 bridgehead atoms. The molecule has 1 aromatic carbocycles. The van der Waals surface area contributed by atoms with Gasteiger partial charge in [0, 0.05) is 10.7 Å². The van der Waals surface area contributed by atoms with Crippen LogP contribution in [0, 0.1) is 0 Å². The van der Waals surface area contributed by atoms with Crippen LogP contribution >= 0.6 is 15.9 Å². The average Bonchev–Trinajstić information content (AvgIpc) is 2.46. The zero-order chi connectivity index (χ0) is 13.9. The molecule has 102 valence electrons. The Balaban J connectivity index is 1.70. The van der Waals surface area contributed by atoms with Crippen LogP contribution in [0.25, 0.3) is 0 Å². The number of aromatic nitrogens is 1. The highest BCUT2D eigenvalue weighted by molar-refractivity contribution is 9.10. The van der Waals surface area contributed by atoms with Gasteiger partial charge in [-0.25, -0.2) is 4.98 Å². The van der Waals surface area contributed by atoms with E-state index in [0.29, 0.717) is 0 Å². The molecule has 1 amide bonds. The molecule has 4 nitrogen and oxygen atoms in total. The Kier molecular flexibility index (Phi) is 3.69. The highest BCUT2D eigenvalue weighted by Crippen LogP contribution is 2.28. The number of benzene rings is 1. The number of aryl methyl sites for hydroxylation is 1. The van der Waals surface area contributed by atoms with Crippen LogP contribution in [0.4, 0.5) is 11.5 Å². The first kappa shape index (κ1) is 13.1. The third kappa shape index (κ3) is 2.82. The molecule has 1 aromatic heterocycles. The maximum atomic E-state index is 12.1. The normalized spacial score (nSPS) is 17.1. The molecule has 2 heterocycles. The standard InChI is InChI=1S/C15H14BrN3O/c16-11-8-13-14(17-9-11)18-12(15(20)19-13)7-6-10-4-2-1-3-5-10/h1-5,8-9,12H,6-7H2,(H,17,18)(H,19,20). The fourth-order valence-corrected chi connectivity index (χ4v) is 2.59. The summed E-state index contributed by atoms with van der Waals surface area (Å²) in [6.45, 7) is 0. The number of anilines is 2. The van der Waals surface area contributed by atoms with Crippen molar-refractivity contribution in [2.75, 3.05) is 10.6 Å². The van der Waals surface area contributed by atoms with E-state index in [1.807, 2.05) is 24.3 Å². The molecule has 0 radical (unpaired) electrons. The lowest BCUT2D eigenvalue weighted by atomic mass is 10.0.